The second-order valence-corrected chi connectivity index (χ2v) is 5.61. The van der Waals surface area contributed by atoms with Gasteiger partial charge in [0.05, 0.1) is 10.3 Å². The van der Waals surface area contributed by atoms with E-state index >= 15 is 0 Å². The third-order valence-corrected chi connectivity index (χ3v) is 3.92. The molecule has 0 aliphatic heterocycles. The molecule has 0 atom stereocenters. The summed E-state index contributed by atoms with van der Waals surface area (Å²) in [5, 5.41) is 32.8. The van der Waals surface area contributed by atoms with E-state index in [1.54, 1.807) is 0 Å². The Labute approximate surface area is 150 Å². The van der Waals surface area contributed by atoms with E-state index in [9.17, 15) is 34.4 Å². The number of benzene rings is 2. The molecular formula is C17H12FN3O6. The zero-order valence-electron chi connectivity index (χ0n) is 13.5. The van der Waals surface area contributed by atoms with Gasteiger partial charge in [-0.3, -0.25) is 19.7 Å². The normalized spacial score (nSPS) is 10.7. The van der Waals surface area contributed by atoms with Crippen molar-refractivity contribution in [1.29, 1.82) is 0 Å². The molecule has 0 unspecified atom stereocenters. The van der Waals surface area contributed by atoms with Gasteiger partial charge >= 0.3 is 0 Å². The lowest BCUT2D eigenvalue weighted by Crippen LogP contribution is -2.27. The summed E-state index contributed by atoms with van der Waals surface area (Å²) in [6, 6.07) is 8.36. The van der Waals surface area contributed by atoms with E-state index in [4.69, 9.17) is 0 Å². The highest BCUT2D eigenvalue weighted by Gasteiger charge is 2.23. The van der Waals surface area contributed by atoms with Crippen LogP contribution in [-0.4, -0.2) is 25.9 Å². The maximum atomic E-state index is 12.9. The fraction of sp³-hybridized carbons (Fsp3) is 0.0588. The van der Waals surface area contributed by atoms with Gasteiger partial charge in [0.25, 0.3) is 17.2 Å². The van der Waals surface area contributed by atoms with E-state index in [1.165, 1.54) is 24.3 Å². The number of rotatable bonds is 4. The monoisotopic (exact) mass is 373 g/mol. The number of carbonyl (C=O) groups excluding carboxylic acids is 1. The summed E-state index contributed by atoms with van der Waals surface area (Å²) in [6.07, 6.45) is 0. The minimum atomic E-state index is -1.05. The molecule has 2 aromatic carbocycles. The highest BCUT2D eigenvalue weighted by Crippen LogP contribution is 2.27. The number of non-ortho nitro benzene ring substituents is 1. The van der Waals surface area contributed by atoms with Crippen LogP contribution in [0.25, 0.3) is 10.8 Å². The van der Waals surface area contributed by atoms with Gasteiger partial charge in [-0.05, 0) is 23.8 Å². The van der Waals surface area contributed by atoms with Crippen LogP contribution in [0.15, 0.2) is 47.3 Å². The number of aromatic hydroxyl groups is 1. The van der Waals surface area contributed by atoms with Crippen LogP contribution in [0.4, 0.5) is 10.1 Å². The fourth-order valence-corrected chi connectivity index (χ4v) is 2.57. The lowest BCUT2D eigenvalue weighted by molar-refractivity contribution is -0.384. The van der Waals surface area contributed by atoms with Crippen LogP contribution in [0, 0.1) is 15.9 Å². The molecule has 27 heavy (non-hydrogen) atoms. The molecule has 10 heteroatoms. The molecular weight excluding hydrogens is 361 g/mol. The zero-order chi connectivity index (χ0) is 19.7. The van der Waals surface area contributed by atoms with Crippen LogP contribution in [0.5, 0.6) is 5.88 Å². The van der Waals surface area contributed by atoms with Gasteiger partial charge < -0.3 is 15.6 Å². The average molecular weight is 373 g/mol. The summed E-state index contributed by atoms with van der Waals surface area (Å²) in [4.78, 5) is 34.8. The number of halogens is 1. The van der Waals surface area contributed by atoms with Crippen LogP contribution >= 0.6 is 0 Å². The number of aromatic nitrogens is 1. The van der Waals surface area contributed by atoms with Gasteiger partial charge in [-0.2, -0.15) is 0 Å². The molecule has 1 aromatic heterocycles. The molecule has 0 aliphatic carbocycles. The molecule has 9 nitrogen and oxygen atoms in total. The molecule has 0 bridgehead atoms. The number of pyridine rings is 1. The molecule has 3 N–H and O–H groups in total. The van der Waals surface area contributed by atoms with Gasteiger partial charge in [-0.15, -0.1) is 4.73 Å². The Morgan fingerprint density at radius 3 is 2.48 bits per heavy atom. The Balaban J connectivity index is 2.06. The van der Waals surface area contributed by atoms with Crippen LogP contribution in [-0.2, 0) is 6.54 Å². The van der Waals surface area contributed by atoms with Crippen molar-refractivity contribution in [3.63, 3.8) is 0 Å². The first kappa shape index (κ1) is 17.9. The standard InChI is InChI=1S/C17H12FN3O6/c18-10-3-1-9(2-4-10)8-19-15(22)14-13-7-11(21(26)27)5-6-12(13)16(23)20(25)17(14)24/h1-7,24-25H,8H2,(H,19,22). The fourth-order valence-electron chi connectivity index (χ4n) is 2.57. The topological polar surface area (TPSA) is 135 Å². The van der Waals surface area contributed by atoms with Gasteiger partial charge in [0.15, 0.2) is 0 Å². The summed E-state index contributed by atoms with van der Waals surface area (Å²) in [5.41, 5.74) is -1.38. The molecule has 0 aliphatic rings. The first-order chi connectivity index (χ1) is 12.8. The molecule has 0 saturated heterocycles. The number of amides is 1. The lowest BCUT2D eigenvalue weighted by Gasteiger charge is -2.12. The maximum Gasteiger partial charge on any atom is 0.294 e. The molecule has 0 fully saturated rings. The number of hydrogen-bond donors (Lipinski definition) is 3. The second kappa shape index (κ2) is 6.75. The summed E-state index contributed by atoms with van der Waals surface area (Å²) >= 11 is 0. The highest BCUT2D eigenvalue weighted by atomic mass is 19.1. The number of hydrogen-bond acceptors (Lipinski definition) is 6. The van der Waals surface area contributed by atoms with Crippen molar-refractivity contribution in [3.05, 3.63) is 79.9 Å². The second-order valence-electron chi connectivity index (χ2n) is 5.61. The number of nitro groups is 1. The minimum Gasteiger partial charge on any atom is -0.492 e. The third-order valence-electron chi connectivity index (χ3n) is 3.92. The first-order valence-electron chi connectivity index (χ1n) is 7.57. The number of nitrogens with one attached hydrogen (secondary N) is 1. The van der Waals surface area contributed by atoms with E-state index in [2.05, 4.69) is 5.32 Å². The van der Waals surface area contributed by atoms with Gasteiger partial charge in [0, 0.05) is 24.1 Å². The predicted molar refractivity (Wildman–Crippen MR) is 91.3 cm³/mol. The molecule has 138 valence electrons. The van der Waals surface area contributed by atoms with E-state index in [-0.39, 0.29) is 22.0 Å². The number of nitro benzene ring substituents is 1. The Hall–Kier alpha value is -3.95. The summed E-state index contributed by atoms with van der Waals surface area (Å²) in [5.74, 6) is -2.39. The molecule has 0 saturated carbocycles. The maximum absolute atomic E-state index is 12.9. The van der Waals surface area contributed by atoms with Crippen molar-refractivity contribution >= 4 is 22.4 Å². The Bertz CT molecular complexity index is 1120. The molecule has 1 heterocycles. The van der Waals surface area contributed by atoms with Gasteiger partial charge in [-0.1, -0.05) is 12.1 Å². The van der Waals surface area contributed by atoms with Crippen molar-refractivity contribution in [2.45, 2.75) is 6.54 Å². The molecule has 0 radical (unpaired) electrons. The molecule has 1 amide bonds. The highest BCUT2D eigenvalue weighted by molar-refractivity contribution is 6.09. The van der Waals surface area contributed by atoms with Crippen LogP contribution < -0.4 is 10.9 Å². The van der Waals surface area contributed by atoms with Gasteiger partial charge in [-0.25, -0.2) is 4.39 Å². The van der Waals surface area contributed by atoms with Crippen LogP contribution in [0.1, 0.15) is 15.9 Å². The van der Waals surface area contributed by atoms with Crippen molar-refractivity contribution in [2.75, 3.05) is 0 Å². The summed E-state index contributed by atoms with van der Waals surface area (Å²) < 4.78 is 12.8. The Morgan fingerprint density at radius 2 is 1.85 bits per heavy atom. The zero-order valence-corrected chi connectivity index (χ0v) is 13.5. The Kier molecular flexibility index (Phi) is 4.46. The van der Waals surface area contributed by atoms with Crippen molar-refractivity contribution in [1.82, 2.24) is 10.0 Å². The molecule has 3 aromatic rings. The lowest BCUT2D eigenvalue weighted by atomic mass is 10.1. The number of fused-ring (bicyclic) bond motifs is 1. The van der Waals surface area contributed by atoms with Crippen molar-refractivity contribution in [3.8, 4) is 5.88 Å². The van der Waals surface area contributed by atoms with E-state index < -0.39 is 39.3 Å². The van der Waals surface area contributed by atoms with Crippen LogP contribution in [0.2, 0.25) is 0 Å². The minimum absolute atomic E-state index is 0.0421. The van der Waals surface area contributed by atoms with E-state index in [0.717, 1.165) is 18.2 Å². The largest absolute Gasteiger partial charge is 0.492 e. The summed E-state index contributed by atoms with van der Waals surface area (Å²) in [7, 11) is 0. The molecule has 3 rings (SSSR count). The first-order valence-corrected chi connectivity index (χ1v) is 7.57. The number of carbonyl (C=O) groups is 1. The van der Waals surface area contributed by atoms with Gasteiger partial charge in [0.2, 0.25) is 5.88 Å². The van der Waals surface area contributed by atoms with E-state index in [1.807, 2.05) is 0 Å². The number of nitrogens with zero attached hydrogens (tertiary/aromatic N) is 2. The molecule has 0 spiro atoms. The summed E-state index contributed by atoms with van der Waals surface area (Å²) in [6.45, 7) is -0.0421. The van der Waals surface area contributed by atoms with E-state index in [0.29, 0.717) is 5.56 Å². The van der Waals surface area contributed by atoms with Crippen molar-refractivity contribution in [2.24, 2.45) is 0 Å². The van der Waals surface area contributed by atoms with Gasteiger partial charge in [0.1, 0.15) is 11.4 Å². The smallest absolute Gasteiger partial charge is 0.294 e. The van der Waals surface area contributed by atoms with Crippen molar-refractivity contribution < 1.29 is 24.4 Å². The van der Waals surface area contributed by atoms with Crippen LogP contribution in [0.3, 0.4) is 0 Å². The predicted octanol–water partition coefficient (Wildman–Crippen LogP) is 1.92. The third kappa shape index (κ3) is 3.27. The Morgan fingerprint density at radius 1 is 1.19 bits per heavy atom. The quantitative estimate of drug-likeness (QED) is 0.363. The average Bonchev–Trinajstić information content (AvgIpc) is 2.65. The SMILES string of the molecule is O=C(NCc1ccc(F)cc1)c1c(O)n(O)c(=O)c2ccc([N+](=O)[O-])cc12.